The molecule has 4 aromatic rings. The molecule has 5 nitrogen and oxygen atoms in total. The summed E-state index contributed by atoms with van der Waals surface area (Å²) in [5, 5.41) is 9.76. The average molecular weight is 334 g/mol. The maximum absolute atomic E-state index is 12.4. The van der Waals surface area contributed by atoms with Gasteiger partial charge in [-0.25, -0.2) is 9.78 Å². The Balaban J connectivity index is 1.70. The van der Waals surface area contributed by atoms with Crippen LogP contribution in [-0.4, -0.2) is 15.4 Å². The minimum Gasteiger partial charge on any atom is -0.308 e. The molecular formula is C18H14N4OS. The van der Waals surface area contributed by atoms with Crippen LogP contribution in [0.5, 0.6) is 0 Å². The van der Waals surface area contributed by atoms with Crippen LogP contribution in [0.15, 0.2) is 71.6 Å². The Hall–Kier alpha value is -3.12. The fourth-order valence-electron chi connectivity index (χ4n) is 2.51. The molecule has 2 N–H and O–H groups in total. The molecule has 0 radical (unpaired) electrons. The zero-order chi connectivity index (χ0) is 16.4. The first-order chi connectivity index (χ1) is 11.8. The fourth-order valence-corrected chi connectivity index (χ4v) is 3.15. The van der Waals surface area contributed by atoms with E-state index in [-0.39, 0.29) is 6.03 Å². The van der Waals surface area contributed by atoms with E-state index >= 15 is 0 Å². The molecular weight excluding hydrogens is 320 g/mol. The number of fused-ring (bicyclic) bond motifs is 1. The van der Waals surface area contributed by atoms with Crippen LogP contribution in [0, 0.1) is 0 Å². The molecule has 118 valence electrons. The van der Waals surface area contributed by atoms with E-state index in [4.69, 9.17) is 0 Å². The molecule has 0 bridgehead atoms. The van der Waals surface area contributed by atoms with Gasteiger partial charge in [0.1, 0.15) is 17.2 Å². The Morgan fingerprint density at radius 3 is 2.62 bits per heavy atom. The lowest BCUT2D eigenvalue weighted by atomic mass is 10.2. The molecule has 0 atom stereocenters. The van der Waals surface area contributed by atoms with Gasteiger partial charge in [-0.2, -0.15) is 11.3 Å². The molecule has 0 aliphatic carbocycles. The van der Waals surface area contributed by atoms with E-state index in [0.717, 1.165) is 22.6 Å². The maximum Gasteiger partial charge on any atom is 0.324 e. The summed E-state index contributed by atoms with van der Waals surface area (Å²) >= 11 is 1.60. The van der Waals surface area contributed by atoms with Crippen molar-refractivity contribution in [2.75, 3.05) is 10.6 Å². The van der Waals surface area contributed by atoms with E-state index in [2.05, 4.69) is 15.6 Å². The molecule has 6 heteroatoms. The Labute approximate surface area is 142 Å². The maximum atomic E-state index is 12.4. The molecule has 1 aromatic carbocycles. The number of imidazole rings is 1. The fraction of sp³-hybridized carbons (Fsp3) is 0. The van der Waals surface area contributed by atoms with Crippen molar-refractivity contribution in [2.24, 2.45) is 0 Å². The topological polar surface area (TPSA) is 58.4 Å². The first kappa shape index (κ1) is 14.5. The Morgan fingerprint density at radius 2 is 1.83 bits per heavy atom. The van der Waals surface area contributed by atoms with E-state index in [1.54, 1.807) is 11.3 Å². The number of urea groups is 1. The van der Waals surface area contributed by atoms with Crippen molar-refractivity contribution in [1.82, 2.24) is 9.38 Å². The number of nitrogens with one attached hydrogen (secondary N) is 2. The number of hydrogen-bond donors (Lipinski definition) is 2. The normalized spacial score (nSPS) is 10.7. The lowest BCUT2D eigenvalue weighted by molar-refractivity contribution is 0.262. The molecule has 0 saturated carbocycles. The standard InChI is InChI=1S/C18H14N4OS/c23-18(19-14-6-2-1-3-7-14)21-17-16(13-9-11-24-12-13)20-15-8-4-5-10-22(15)17/h1-12H,(H2,19,21,23). The zero-order valence-corrected chi connectivity index (χ0v) is 13.5. The van der Waals surface area contributed by atoms with Gasteiger partial charge in [-0.1, -0.05) is 24.3 Å². The zero-order valence-electron chi connectivity index (χ0n) is 12.6. The van der Waals surface area contributed by atoms with Crippen molar-refractivity contribution in [3.05, 3.63) is 71.6 Å². The molecule has 0 fully saturated rings. The Morgan fingerprint density at radius 1 is 1.00 bits per heavy atom. The average Bonchev–Trinajstić information content (AvgIpc) is 3.24. The van der Waals surface area contributed by atoms with Crippen molar-refractivity contribution in [3.63, 3.8) is 0 Å². The molecule has 2 amide bonds. The molecule has 0 aliphatic rings. The number of pyridine rings is 1. The SMILES string of the molecule is O=C(Nc1ccccc1)Nc1c(-c2ccsc2)nc2ccccn12. The molecule has 3 aromatic heterocycles. The monoisotopic (exact) mass is 334 g/mol. The summed E-state index contributed by atoms with van der Waals surface area (Å²) in [6.07, 6.45) is 1.89. The number of para-hydroxylation sites is 1. The van der Waals surface area contributed by atoms with Crippen molar-refractivity contribution < 1.29 is 4.79 Å². The summed E-state index contributed by atoms with van der Waals surface area (Å²) < 4.78 is 1.87. The molecule has 4 rings (SSSR count). The summed E-state index contributed by atoms with van der Waals surface area (Å²) in [7, 11) is 0. The molecule has 0 saturated heterocycles. The van der Waals surface area contributed by atoms with Crippen LogP contribution in [0.4, 0.5) is 16.3 Å². The number of thiophene rings is 1. The summed E-state index contributed by atoms with van der Waals surface area (Å²) in [5.74, 6) is 0.650. The van der Waals surface area contributed by atoms with E-state index in [0.29, 0.717) is 5.82 Å². The van der Waals surface area contributed by atoms with Crippen LogP contribution in [0.3, 0.4) is 0 Å². The molecule has 0 unspecified atom stereocenters. The van der Waals surface area contributed by atoms with Gasteiger partial charge in [0.2, 0.25) is 0 Å². The molecule has 3 heterocycles. The van der Waals surface area contributed by atoms with Gasteiger partial charge in [0.05, 0.1) is 0 Å². The Bertz CT molecular complexity index is 977. The number of carbonyl (C=O) groups excluding carboxylic acids is 1. The van der Waals surface area contributed by atoms with Gasteiger partial charge in [0.15, 0.2) is 0 Å². The number of amides is 2. The number of anilines is 2. The predicted molar refractivity (Wildman–Crippen MR) is 97.6 cm³/mol. The minimum absolute atomic E-state index is 0.302. The number of rotatable bonds is 3. The van der Waals surface area contributed by atoms with E-state index in [1.165, 1.54) is 0 Å². The van der Waals surface area contributed by atoms with E-state index in [9.17, 15) is 4.79 Å². The van der Waals surface area contributed by atoms with Crippen molar-refractivity contribution in [3.8, 4) is 11.3 Å². The van der Waals surface area contributed by atoms with Gasteiger partial charge in [-0.3, -0.25) is 9.72 Å². The summed E-state index contributed by atoms with van der Waals surface area (Å²) in [6.45, 7) is 0. The van der Waals surface area contributed by atoms with Gasteiger partial charge in [0.25, 0.3) is 0 Å². The highest BCUT2D eigenvalue weighted by atomic mass is 32.1. The predicted octanol–water partition coefficient (Wildman–Crippen LogP) is 4.71. The van der Waals surface area contributed by atoms with Gasteiger partial charge in [-0.05, 0) is 35.7 Å². The highest BCUT2D eigenvalue weighted by Gasteiger charge is 2.16. The second kappa shape index (κ2) is 6.17. The number of carbonyl (C=O) groups is 1. The van der Waals surface area contributed by atoms with Crippen LogP contribution in [-0.2, 0) is 0 Å². The van der Waals surface area contributed by atoms with Crippen molar-refractivity contribution in [1.29, 1.82) is 0 Å². The van der Waals surface area contributed by atoms with Gasteiger partial charge in [0, 0.05) is 22.8 Å². The van der Waals surface area contributed by atoms with Gasteiger partial charge >= 0.3 is 6.03 Å². The summed E-state index contributed by atoms with van der Waals surface area (Å²) in [5.41, 5.74) is 3.26. The number of nitrogens with zero attached hydrogens (tertiary/aromatic N) is 2. The summed E-state index contributed by atoms with van der Waals surface area (Å²) in [6, 6.07) is 16.8. The highest BCUT2D eigenvalue weighted by molar-refractivity contribution is 7.08. The van der Waals surface area contributed by atoms with E-state index < -0.39 is 0 Å². The number of benzene rings is 1. The highest BCUT2D eigenvalue weighted by Crippen LogP contribution is 2.30. The van der Waals surface area contributed by atoms with Crippen LogP contribution < -0.4 is 10.6 Å². The van der Waals surface area contributed by atoms with Crippen molar-refractivity contribution in [2.45, 2.75) is 0 Å². The van der Waals surface area contributed by atoms with Crippen molar-refractivity contribution >= 4 is 34.5 Å². The third-order valence-corrected chi connectivity index (χ3v) is 4.27. The smallest absolute Gasteiger partial charge is 0.308 e. The first-order valence-corrected chi connectivity index (χ1v) is 8.38. The number of hydrogen-bond acceptors (Lipinski definition) is 3. The Kier molecular flexibility index (Phi) is 3.72. The molecule has 0 spiro atoms. The summed E-state index contributed by atoms with van der Waals surface area (Å²) in [4.78, 5) is 17.0. The van der Waals surface area contributed by atoms with Gasteiger partial charge in [-0.15, -0.1) is 0 Å². The van der Waals surface area contributed by atoms with Crippen LogP contribution in [0.1, 0.15) is 0 Å². The van der Waals surface area contributed by atoms with Crippen LogP contribution in [0.2, 0.25) is 0 Å². The van der Waals surface area contributed by atoms with E-state index in [1.807, 2.05) is 76.0 Å². The number of aromatic nitrogens is 2. The van der Waals surface area contributed by atoms with Crippen LogP contribution >= 0.6 is 11.3 Å². The third-order valence-electron chi connectivity index (χ3n) is 3.59. The van der Waals surface area contributed by atoms with Crippen LogP contribution in [0.25, 0.3) is 16.9 Å². The minimum atomic E-state index is -0.302. The quantitative estimate of drug-likeness (QED) is 0.570. The molecule has 24 heavy (non-hydrogen) atoms. The largest absolute Gasteiger partial charge is 0.324 e. The first-order valence-electron chi connectivity index (χ1n) is 7.44. The second-order valence-corrected chi connectivity index (χ2v) is 5.98. The lowest BCUT2D eigenvalue weighted by Gasteiger charge is -2.09. The third kappa shape index (κ3) is 2.75. The van der Waals surface area contributed by atoms with Gasteiger partial charge < -0.3 is 5.32 Å². The second-order valence-electron chi connectivity index (χ2n) is 5.20. The lowest BCUT2D eigenvalue weighted by Crippen LogP contribution is -2.20. The molecule has 0 aliphatic heterocycles.